The number of nitrogens with two attached hydrogens (primary N) is 1. The standard InChI is InChI=1S/C10H17N3OS/c1-2-8(11)10-13-12-9(15-10)7-4-3-5-14-6-7/h7-8H,2-6,11H2,1H3. The number of ether oxygens (including phenoxy) is 1. The van der Waals surface area contributed by atoms with Crippen molar-refractivity contribution in [2.45, 2.75) is 38.1 Å². The van der Waals surface area contributed by atoms with E-state index in [1.165, 1.54) is 0 Å². The first kappa shape index (κ1) is 11.0. The van der Waals surface area contributed by atoms with Crippen LogP contribution < -0.4 is 5.73 Å². The molecule has 84 valence electrons. The van der Waals surface area contributed by atoms with E-state index in [1.54, 1.807) is 11.3 Å². The van der Waals surface area contributed by atoms with Gasteiger partial charge in [-0.15, -0.1) is 10.2 Å². The maximum absolute atomic E-state index is 5.91. The lowest BCUT2D eigenvalue weighted by molar-refractivity contribution is 0.0802. The second-order valence-electron chi connectivity index (χ2n) is 3.91. The van der Waals surface area contributed by atoms with Crippen molar-refractivity contribution < 1.29 is 4.74 Å². The molecular weight excluding hydrogens is 210 g/mol. The van der Waals surface area contributed by atoms with E-state index < -0.39 is 0 Å². The quantitative estimate of drug-likeness (QED) is 0.856. The van der Waals surface area contributed by atoms with E-state index in [4.69, 9.17) is 10.5 Å². The van der Waals surface area contributed by atoms with Gasteiger partial charge in [-0.3, -0.25) is 0 Å². The average Bonchev–Trinajstić information content (AvgIpc) is 2.78. The summed E-state index contributed by atoms with van der Waals surface area (Å²) in [6.07, 6.45) is 3.20. The van der Waals surface area contributed by atoms with Gasteiger partial charge in [0.05, 0.1) is 12.6 Å². The smallest absolute Gasteiger partial charge is 0.134 e. The maximum atomic E-state index is 5.91. The molecule has 0 amide bonds. The van der Waals surface area contributed by atoms with Gasteiger partial charge in [0, 0.05) is 12.5 Å². The van der Waals surface area contributed by atoms with Crippen LogP contribution in [0.2, 0.25) is 0 Å². The molecule has 1 aromatic heterocycles. The maximum Gasteiger partial charge on any atom is 0.134 e. The van der Waals surface area contributed by atoms with E-state index >= 15 is 0 Å². The molecule has 1 saturated heterocycles. The summed E-state index contributed by atoms with van der Waals surface area (Å²) in [7, 11) is 0. The highest BCUT2D eigenvalue weighted by atomic mass is 32.1. The monoisotopic (exact) mass is 227 g/mol. The largest absolute Gasteiger partial charge is 0.381 e. The Balaban J connectivity index is 2.05. The zero-order valence-electron chi connectivity index (χ0n) is 8.98. The van der Waals surface area contributed by atoms with E-state index in [2.05, 4.69) is 17.1 Å². The molecule has 2 N–H and O–H groups in total. The van der Waals surface area contributed by atoms with Gasteiger partial charge in [0.1, 0.15) is 10.0 Å². The summed E-state index contributed by atoms with van der Waals surface area (Å²) in [6.45, 7) is 3.74. The molecule has 1 aromatic rings. The summed E-state index contributed by atoms with van der Waals surface area (Å²) in [5, 5.41) is 10.4. The minimum Gasteiger partial charge on any atom is -0.381 e. The fourth-order valence-corrected chi connectivity index (χ4v) is 2.72. The average molecular weight is 227 g/mol. The highest BCUT2D eigenvalue weighted by molar-refractivity contribution is 7.11. The van der Waals surface area contributed by atoms with Gasteiger partial charge in [-0.1, -0.05) is 18.3 Å². The van der Waals surface area contributed by atoms with Crippen LogP contribution in [-0.2, 0) is 4.74 Å². The van der Waals surface area contributed by atoms with Crippen molar-refractivity contribution in [2.24, 2.45) is 5.73 Å². The van der Waals surface area contributed by atoms with Gasteiger partial charge in [-0.05, 0) is 19.3 Å². The number of aromatic nitrogens is 2. The van der Waals surface area contributed by atoms with E-state index in [-0.39, 0.29) is 6.04 Å². The van der Waals surface area contributed by atoms with Crippen molar-refractivity contribution in [3.8, 4) is 0 Å². The number of nitrogens with zero attached hydrogens (tertiary/aromatic N) is 2. The molecule has 1 fully saturated rings. The van der Waals surface area contributed by atoms with Crippen molar-refractivity contribution in [1.29, 1.82) is 0 Å². The summed E-state index contributed by atoms with van der Waals surface area (Å²) in [6, 6.07) is 0.0424. The molecular formula is C10H17N3OS. The molecule has 0 radical (unpaired) electrons. The Morgan fingerprint density at radius 1 is 1.60 bits per heavy atom. The fraction of sp³-hybridized carbons (Fsp3) is 0.800. The van der Waals surface area contributed by atoms with Crippen LogP contribution >= 0.6 is 11.3 Å². The Hall–Kier alpha value is -0.520. The van der Waals surface area contributed by atoms with Crippen molar-refractivity contribution in [1.82, 2.24) is 10.2 Å². The highest BCUT2D eigenvalue weighted by Gasteiger charge is 2.21. The van der Waals surface area contributed by atoms with E-state index in [9.17, 15) is 0 Å². The zero-order chi connectivity index (χ0) is 10.7. The predicted octanol–water partition coefficient (Wildman–Crippen LogP) is 1.84. The SMILES string of the molecule is CCC(N)c1nnc(C2CCCOC2)s1. The van der Waals surface area contributed by atoms with Crippen LogP contribution in [0.15, 0.2) is 0 Å². The van der Waals surface area contributed by atoms with Gasteiger partial charge in [0.2, 0.25) is 0 Å². The second-order valence-corrected chi connectivity index (χ2v) is 4.95. The number of hydrogen-bond donors (Lipinski definition) is 1. The lowest BCUT2D eigenvalue weighted by atomic mass is 10.0. The Morgan fingerprint density at radius 2 is 2.47 bits per heavy atom. The molecule has 2 heterocycles. The Kier molecular flexibility index (Phi) is 3.66. The minimum absolute atomic E-state index is 0.0424. The van der Waals surface area contributed by atoms with Crippen LogP contribution in [0.1, 0.15) is 48.2 Å². The third-order valence-corrected chi connectivity index (χ3v) is 3.94. The van der Waals surface area contributed by atoms with Crippen LogP contribution in [0.4, 0.5) is 0 Å². The molecule has 15 heavy (non-hydrogen) atoms. The van der Waals surface area contributed by atoms with Gasteiger partial charge in [0.15, 0.2) is 0 Å². The summed E-state index contributed by atoms with van der Waals surface area (Å²) in [5.41, 5.74) is 5.91. The molecule has 0 aliphatic carbocycles. The van der Waals surface area contributed by atoms with Gasteiger partial charge < -0.3 is 10.5 Å². The highest BCUT2D eigenvalue weighted by Crippen LogP contribution is 2.29. The molecule has 4 nitrogen and oxygen atoms in total. The van der Waals surface area contributed by atoms with Crippen LogP contribution in [0, 0.1) is 0 Å². The molecule has 2 atom stereocenters. The van der Waals surface area contributed by atoms with Crippen LogP contribution in [0.3, 0.4) is 0 Å². The second kappa shape index (κ2) is 5.01. The van der Waals surface area contributed by atoms with Crippen molar-refractivity contribution in [3.05, 3.63) is 10.0 Å². The summed E-state index contributed by atoms with van der Waals surface area (Å²) in [5.74, 6) is 0.439. The van der Waals surface area contributed by atoms with E-state index in [0.29, 0.717) is 5.92 Å². The lowest BCUT2D eigenvalue weighted by Gasteiger charge is -2.19. The first-order chi connectivity index (χ1) is 7.31. The lowest BCUT2D eigenvalue weighted by Crippen LogP contribution is -2.15. The molecule has 0 spiro atoms. The van der Waals surface area contributed by atoms with Gasteiger partial charge in [-0.25, -0.2) is 0 Å². The van der Waals surface area contributed by atoms with Crippen molar-refractivity contribution >= 4 is 11.3 Å². The first-order valence-electron chi connectivity index (χ1n) is 5.48. The molecule has 0 bridgehead atoms. The summed E-state index contributed by atoms with van der Waals surface area (Å²) < 4.78 is 5.44. The molecule has 1 aliphatic heterocycles. The third-order valence-electron chi connectivity index (χ3n) is 2.72. The topological polar surface area (TPSA) is 61.0 Å². The molecule has 2 rings (SSSR count). The molecule has 0 saturated carbocycles. The van der Waals surface area contributed by atoms with E-state index in [1.807, 2.05) is 0 Å². The van der Waals surface area contributed by atoms with Crippen molar-refractivity contribution in [3.63, 3.8) is 0 Å². The Morgan fingerprint density at radius 3 is 3.13 bits per heavy atom. The van der Waals surface area contributed by atoms with E-state index in [0.717, 1.165) is 42.5 Å². The van der Waals surface area contributed by atoms with Gasteiger partial charge in [0.25, 0.3) is 0 Å². The summed E-state index contributed by atoms with van der Waals surface area (Å²) in [4.78, 5) is 0. The molecule has 5 heteroatoms. The Bertz CT molecular complexity index is 309. The van der Waals surface area contributed by atoms with Crippen molar-refractivity contribution in [2.75, 3.05) is 13.2 Å². The van der Waals surface area contributed by atoms with Crippen LogP contribution in [0.25, 0.3) is 0 Å². The fourth-order valence-electron chi connectivity index (χ4n) is 1.67. The first-order valence-corrected chi connectivity index (χ1v) is 6.29. The molecule has 2 unspecified atom stereocenters. The summed E-state index contributed by atoms with van der Waals surface area (Å²) >= 11 is 1.64. The van der Waals surface area contributed by atoms with Crippen LogP contribution in [0.5, 0.6) is 0 Å². The van der Waals surface area contributed by atoms with Gasteiger partial charge >= 0.3 is 0 Å². The minimum atomic E-state index is 0.0424. The van der Waals surface area contributed by atoms with Crippen LogP contribution in [-0.4, -0.2) is 23.4 Å². The zero-order valence-corrected chi connectivity index (χ0v) is 9.80. The third kappa shape index (κ3) is 2.53. The number of hydrogen-bond acceptors (Lipinski definition) is 5. The normalized spacial score (nSPS) is 24.0. The van der Waals surface area contributed by atoms with Gasteiger partial charge in [-0.2, -0.15) is 0 Å². The number of rotatable bonds is 3. The predicted molar refractivity (Wildman–Crippen MR) is 59.9 cm³/mol. The Labute approximate surface area is 93.8 Å². The molecule has 1 aliphatic rings. The molecule has 0 aromatic carbocycles.